The van der Waals surface area contributed by atoms with E-state index < -0.39 is 11.8 Å². The molecule has 6 nitrogen and oxygen atoms in total. The molecule has 0 fully saturated rings. The molecule has 124 valence electrons. The third-order valence-corrected chi connectivity index (χ3v) is 3.23. The summed E-state index contributed by atoms with van der Waals surface area (Å²) < 4.78 is 5.05. The Balaban J connectivity index is 1.77. The second kappa shape index (κ2) is 8.69. The van der Waals surface area contributed by atoms with E-state index >= 15 is 0 Å². The van der Waals surface area contributed by atoms with Crippen molar-refractivity contribution in [3.63, 3.8) is 0 Å². The fourth-order valence-corrected chi connectivity index (χ4v) is 1.84. The van der Waals surface area contributed by atoms with Gasteiger partial charge in [-0.1, -0.05) is 23.7 Å². The minimum atomic E-state index is -0.428. The lowest BCUT2D eigenvalue weighted by Crippen LogP contribution is -2.34. The molecule has 0 spiro atoms. The second-order valence-electron chi connectivity index (χ2n) is 4.81. The number of carbonyl (C=O) groups excluding carboxylic acids is 2. The summed E-state index contributed by atoms with van der Waals surface area (Å²) in [5.74, 6) is -0.277. The number of hydrogen-bond acceptors (Lipinski definition) is 4. The summed E-state index contributed by atoms with van der Waals surface area (Å²) in [5.41, 5.74) is 3.85. The first-order valence-electron chi connectivity index (χ1n) is 7.13. The van der Waals surface area contributed by atoms with Gasteiger partial charge in [-0.15, -0.1) is 0 Å². The minimum Gasteiger partial charge on any atom is -0.465 e. The van der Waals surface area contributed by atoms with Crippen LogP contribution in [0.3, 0.4) is 0 Å². The molecule has 0 aliphatic carbocycles. The van der Waals surface area contributed by atoms with E-state index in [9.17, 15) is 9.59 Å². The molecule has 2 rings (SSSR count). The molecule has 1 aromatic heterocycles. The van der Waals surface area contributed by atoms with Gasteiger partial charge in [-0.3, -0.25) is 9.59 Å². The van der Waals surface area contributed by atoms with E-state index in [4.69, 9.17) is 16.0 Å². The highest BCUT2D eigenvalue weighted by atomic mass is 35.5. The highest BCUT2D eigenvalue weighted by Crippen LogP contribution is 2.10. The lowest BCUT2D eigenvalue weighted by molar-refractivity contribution is -0.123. The van der Waals surface area contributed by atoms with Crippen LogP contribution in [0.5, 0.6) is 0 Å². The van der Waals surface area contributed by atoms with Crippen LogP contribution in [0.25, 0.3) is 6.08 Å². The number of nitrogens with one attached hydrogen (secondary N) is 2. The predicted octanol–water partition coefficient (Wildman–Crippen LogP) is 2.60. The van der Waals surface area contributed by atoms with Gasteiger partial charge < -0.3 is 9.73 Å². The second-order valence-corrected chi connectivity index (χ2v) is 5.24. The van der Waals surface area contributed by atoms with Crippen LogP contribution < -0.4 is 10.7 Å². The molecule has 0 aliphatic heterocycles. The molecule has 24 heavy (non-hydrogen) atoms. The number of rotatable bonds is 6. The third kappa shape index (κ3) is 5.73. The molecule has 0 atom stereocenters. The molecule has 0 radical (unpaired) electrons. The molecule has 0 bridgehead atoms. The summed E-state index contributed by atoms with van der Waals surface area (Å²) in [4.78, 5) is 23.2. The zero-order valence-electron chi connectivity index (χ0n) is 13.0. The summed E-state index contributed by atoms with van der Waals surface area (Å²) in [6.07, 6.45) is 4.30. The van der Waals surface area contributed by atoms with Gasteiger partial charge in [0.25, 0.3) is 5.91 Å². The number of benzene rings is 1. The average molecular weight is 346 g/mol. The van der Waals surface area contributed by atoms with Gasteiger partial charge in [0.15, 0.2) is 0 Å². The molecule has 2 amide bonds. The van der Waals surface area contributed by atoms with Crippen molar-refractivity contribution >= 4 is 35.2 Å². The number of carbonyl (C=O) groups is 2. The fraction of sp³-hybridized carbons (Fsp3) is 0.118. The highest BCUT2D eigenvalue weighted by Gasteiger charge is 2.03. The van der Waals surface area contributed by atoms with Crippen molar-refractivity contribution in [2.24, 2.45) is 5.10 Å². The predicted molar refractivity (Wildman–Crippen MR) is 92.6 cm³/mol. The van der Waals surface area contributed by atoms with Gasteiger partial charge in [0.05, 0.1) is 18.5 Å². The Morgan fingerprint density at radius 3 is 2.67 bits per heavy atom. The Kier molecular flexibility index (Phi) is 6.33. The van der Waals surface area contributed by atoms with Crippen LogP contribution >= 0.6 is 11.6 Å². The van der Waals surface area contributed by atoms with Crippen LogP contribution in [0.4, 0.5) is 0 Å². The monoisotopic (exact) mass is 345 g/mol. The van der Waals surface area contributed by atoms with Crippen molar-refractivity contribution in [1.82, 2.24) is 10.7 Å². The summed E-state index contributed by atoms with van der Waals surface area (Å²) in [6.45, 7) is 1.58. The first-order chi connectivity index (χ1) is 11.5. The van der Waals surface area contributed by atoms with Gasteiger partial charge in [0, 0.05) is 11.1 Å². The van der Waals surface area contributed by atoms with Crippen LogP contribution in [0.1, 0.15) is 18.2 Å². The van der Waals surface area contributed by atoms with Gasteiger partial charge in [0.1, 0.15) is 5.76 Å². The number of amides is 2. The smallest absolute Gasteiger partial charge is 0.259 e. The normalized spacial score (nSPS) is 11.5. The first kappa shape index (κ1) is 17.5. The van der Waals surface area contributed by atoms with Crippen LogP contribution in [-0.4, -0.2) is 24.1 Å². The molecule has 2 aromatic rings. The SMILES string of the molecule is C/C(=N/NC(=O)CNC(=O)/C=C/c1ccco1)c1ccc(Cl)cc1. The number of halogens is 1. The van der Waals surface area contributed by atoms with E-state index in [1.165, 1.54) is 18.4 Å². The largest absolute Gasteiger partial charge is 0.465 e. The number of furan rings is 1. The molecule has 1 aromatic carbocycles. The van der Waals surface area contributed by atoms with Crippen molar-refractivity contribution in [3.8, 4) is 0 Å². The maximum Gasteiger partial charge on any atom is 0.259 e. The fourth-order valence-electron chi connectivity index (χ4n) is 1.71. The molecule has 0 unspecified atom stereocenters. The van der Waals surface area contributed by atoms with Crippen LogP contribution in [0.15, 0.2) is 58.3 Å². The molecule has 0 aliphatic rings. The van der Waals surface area contributed by atoms with Crippen LogP contribution in [0.2, 0.25) is 5.02 Å². The summed E-state index contributed by atoms with van der Waals surface area (Å²) in [5, 5.41) is 7.05. The average Bonchev–Trinajstić information content (AvgIpc) is 3.10. The summed E-state index contributed by atoms with van der Waals surface area (Å²) in [7, 11) is 0. The Morgan fingerprint density at radius 1 is 1.25 bits per heavy atom. The van der Waals surface area contributed by atoms with Crippen LogP contribution in [0, 0.1) is 0 Å². The highest BCUT2D eigenvalue weighted by molar-refractivity contribution is 6.30. The topological polar surface area (TPSA) is 83.7 Å². The Bertz CT molecular complexity index is 750. The molecular weight excluding hydrogens is 330 g/mol. The molecule has 1 heterocycles. The molecule has 7 heteroatoms. The Labute approximate surface area is 144 Å². The zero-order valence-corrected chi connectivity index (χ0v) is 13.7. The van der Waals surface area contributed by atoms with Crippen LogP contribution in [-0.2, 0) is 9.59 Å². The third-order valence-electron chi connectivity index (χ3n) is 2.98. The molecule has 2 N–H and O–H groups in total. The van der Waals surface area contributed by atoms with Crippen molar-refractivity contribution in [2.75, 3.05) is 6.54 Å². The molecule has 0 saturated heterocycles. The van der Waals surface area contributed by atoms with Gasteiger partial charge >= 0.3 is 0 Å². The standard InChI is InChI=1S/C17H16ClN3O3/c1-12(13-4-6-14(18)7-5-13)20-21-17(23)11-19-16(22)9-8-15-3-2-10-24-15/h2-10H,11H2,1H3,(H,19,22)(H,21,23)/b9-8+,20-12-. The van der Waals surface area contributed by atoms with Gasteiger partial charge in [0.2, 0.25) is 5.91 Å². The van der Waals surface area contributed by atoms with E-state index in [2.05, 4.69) is 15.8 Å². The number of nitrogens with zero attached hydrogens (tertiary/aromatic N) is 1. The maximum atomic E-state index is 11.7. The Hall–Kier alpha value is -2.86. The van der Waals surface area contributed by atoms with E-state index in [0.717, 1.165) is 5.56 Å². The lowest BCUT2D eigenvalue weighted by atomic mass is 10.1. The van der Waals surface area contributed by atoms with Gasteiger partial charge in [-0.2, -0.15) is 5.10 Å². The van der Waals surface area contributed by atoms with E-state index in [1.54, 1.807) is 43.3 Å². The zero-order chi connectivity index (χ0) is 17.4. The first-order valence-corrected chi connectivity index (χ1v) is 7.51. The molecular formula is C17H16ClN3O3. The van der Waals surface area contributed by atoms with Crippen molar-refractivity contribution in [2.45, 2.75) is 6.92 Å². The van der Waals surface area contributed by atoms with Crippen molar-refractivity contribution in [3.05, 3.63) is 65.1 Å². The molecule has 0 saturated carbocycles. The van der Waals surface area contributed by atoms with E-state index in [1.807, 2.05) is 0 Å². The number of hydrogen-bond donors (Lipinski definition) is 2. The lowest BCUT2D eigenvalue weighted by Gasteiger charge is -2.04. The Morgan fingerprint density at radius 2 is 2.00 bits per heavy atom. The van der Waals surface area contributed by atoms with Crippen molar-refractivity contribution < 1.29 is 14.0 Å². The summed E-state index contributed by atoms with van der Waals surface area (Å²) >= 11 is 5.81. The summed E-state index contributed by atoms with van der Waals surface area (Å²) in [6, 6.07) is 10.5. The quantitative estimate of drug-likeness (QED) is 0.479. The minimum absolute atomic E-state index is 0.182. The van der Waals surface area contributed by atoms with Gasteiger partial charge in [-0.25, -0.2) is 5.43 Å². The van der Waals surface area contributed by atoms with E-state index in [-0.39, 0.29) is 6.54 Å². The van der Waals surface area contributed by atoms with Gasteiger partial charge in [-0.05, 0) is 42.8 Å². The maximum absolute atomic E-state index is 11.7. The van der Waals surface area contributed by atoms with E-state index in [0.29, 0.717) is 16.5 Å². The van der Waals surface area contributed by atoms with Crippen molar-refractivity contribution in [1.29, 1.82) is 0 Å². The number of hydrazone groups is 1.